The molecule has 0 atom stereocenters. The van der Waals surface area contributed by atoms with E-state index in [-0.39, 0.29) is 0 Å². The molecule has 0 aromatic carbocycles. The molecular formula is C6H8N2S. The summed E-state index contributed by atoms with van der Waals surface area (Å²) in [5, 5.41) is 3.26. The van der Waals surface area contributed by atoms with Gasteiger partial charge in [-0.25, -0.2) is 0 Å². The molecule has 0 fully saturated rings. The van der Waals surface area contributed by atoms with E-state index in [4.69, 9.17) is 5.73 Å². The van der Waals surface area contributed by atoms with Gasteiger partial charge < -0.3 is 11.1 Å². The predicted molar refractivity (Wildman–Crippen MR) is 39.5 cm³/mol. The average molecular weight is 140 g/mol. The van der Waals surface area contributed by atoms with Crippen molar-refractivity contribution in [2.24, 2.45) is 5.73 Å². The molecule has 0 saturated carbocycles. The van der Waals surface area contributed by atoms with E-state index in [1.165, 1.54) is 10.6 Å². The predicted octanol–water partition coefficient (Wildman–Crippen LogP) is 0.738. The van der Waals surface area contributed by atoms with Crippen molar-refractivity contribution in [2.75, 3.05) is 5.88 Å². The highest BCUT2D eigenvalue weighted by Crippen LogP contribution is 2.33. The monoisotopic (exact) mass is 140 g/mol. The van der Waals surface area contributed by atoms with E-state index in [9.17, 15) is 0 Å². The normalized spacial score (nSPS) is 23.8. The molecule has 0 unspecified atom stereocenters. The highest BCUT2D eigenvalue weighted by atomic mass is 32.2. The van der Waals surface area contributed by atoms with Gasteiger partial charge in [-0.15, -0.1) is 11.8 Å². The summed E-state index contributed by atoms with van der Waals surface area (Å²) in [5.41, 5.74) is 7.89. The molecule has 9 heavy (non-hydrogen) atoms. The number of hydrogen-bond donors (Lipinski definition) is 2. The van der Waals surface area contributed by atoms with E-state index >= 15 is 0 Å². The van der Waals surface area contributed by atoms with Gasteiger partial charge in [-0.2, -0.15) is 0 Å². The molecular weight excluding hydrogens is 132 g/mol. The molecule has 0 aromatic heterocycles. The van der Waals surface area contributed by atoms with Gasteiger partial charge in [-0.1, -0.05) is 0 Å². The van der Waals surface area contributed by atoms with Gasteiger partial charge >= 0.3 is 0 Å². The summed E-state index contributed by atoms with van der Waals surface area (Å²) in [4.78, 5) is 1.34. The van der Waals surface area contributed by atoms with Gasteiger partial charge in [0, 0.05) is 22.7 Å². The lowest BCUT2D eigenvalue weighted by molar-refractivity contribution is 0.915. The Morgan fingerprint density at radius 2 is 2.56 bits per heavy atom. The van der Waals surface area contributed by atoms with Crippen LogP contribution in [0.5, 0.6) is 0 Å². The summed E-state index contributed by atoms with van der Waals surface area (Å²) in [7, 11) is 0. The van der Waals surface area contributed by atoms with Gasteiger partial charge in [-0.05, 0) is 6.08 Å². The molecule has 1 aliphatic carbocycles. The lowest BCUT2D eigenvalue weighted by Crippen LogP contribution is -2.07. The Balaban J connectivity index is 2.28. The summed E-state index contributed by atoms with van der Waals surface area (Å²) in [5.74, 6) is 1.02. The molecule has 2 aliphatic rings. The Bertz CT molecular complexity index is 205. The molecule has 1 aliphatic heterocycles. The minimum atomic E-state index is 0.933. The largest absolute Gasteiger partial charge is 0.402 e. The van der Waals surface area contributed by atoms with Crippen LogP contribution in [0.4, 0.5) is 0 Å². The van der Waals surface area contributed by atoms with E-state index in [2.05, 4.69) is 11.4 Å². The average Bonchev–Trinajstić information content (AvgIpc) is 2.22. The number of nitrogens with two attached hydrogens (primary N) is 1. The molecule has 0 spiro atoms. The Kier molecular flexibility index (Phi) is 0.990. The minimum absolute atomic E-state index is 0.933. The van der Waals surface area contributed by atoms with Gasteiger partial charge in [0.15, 0.2) is 0 Å². The minimum Gasteiger partial charge on any atom is -0.402 e. The molecule has 0 radical (unpaired) electrons. The maximum Gasteiger partial charge on any atom is 0.0655 e. The molecule has 0 saturated heterocycles. The second-order valence-corrected chi connectivity index (χ2v) is 3.22. The number of allylic oxidation sites excluding steroid dienone is 1. The van der Waals surface area contributed by atoms with Crippen molar-refractivity contribution in [2.45, 2.75) is 6.42 Å². The van der Waals surface area contributed by atoms with Crippen molar-refractivity contribution in [3.63, 3.8) is 0 Å². The number of thioether (sulfide) groups is 1. The van der Waals surface area contributed by atoms with Crippen LogP contribution in [0.2, 0.25) is 0 Å². The Hall–Kier alpha value is -0.570. The molecule has 2 nitrogen and oxygen atoms in total. The molecule has 2 rings (SSSR count). The van der Waals surface area contributed by atoms with Crippen LogP contribution in [0.25, 0.3) is 0 Å². The Labute approximate surface area is 58.2 Å². The van der Waals surface area contributed by atoms with E-state index in [0.29, 0.717) is 0 Å². The molecule has 1 heterocycles. The van der Waals surface area contributed by atoms with E-state index in [1.54, 1.807) is 0 Å². The third kappa shape index (κ3) is 0.721. The highest BCUT2D eigenvalue weighted by molar-refractivity contribution is 8.03. The maximum absolute atomic E-state index is 5.59. The van der Waals surface area contributed by atoms with E-state index in [0.717, 1.165) is 18.0 Å². The third-order valence-corrected chi connectivity index (χ3v) is 2.47. The first-order chi connectivity index (χ1) is 4.36. The fourth-order valence-corrected chi connectivity index (χ4v) is 2.03. The standard InChI is InChI=1S/C6H8N2S/c7-4-1-5-6(2-4)9-3-8-5/h2,8H,1,3,7H2. The van der Waals surface area contributed by atoms with Crippen molar-refractivity contribution in [3.8, 4) is 0 Å². The zero-order valence-electron chi connectivity index (χ0n) is 4.98. The van der Waals surface area contributed by atoms with Crippen LogP contribution in [0, 0.1) is 0 Å². The van der Waals surface area contributed by atoms with Crippen molar-refractivity contribution >= 4 is 11.8 Å². The van der Waals surface area contributed by atoms with Crippen LogP contribution >= 0.6 is 11.8 Å². The van der Waals surface area contributed by atoms with Crippen LogP contribution in [0.15, 0.2) is 22.4 Å². The summed E-state index contributed by atoms with van der Waals surface area (Å²) in [6, 6.07) is 0. The summed E-state index contributed by atoms with van der Waals surface area (Å²) in [6.45, 7) is 0. The first kappa shape index (κ1) is 5.23. The van der Waals surface area contributed by atoms with Crippen LogP contribution < -0.4 is 11.1 Å². The van der Waals surface area contributed by atoms with Gasteiger partial charge in [0.1, 0.15) is 0 Å². The van der Waals surface area contributed by atoms with Gasteiger partial charge in [-0.3, -0.25) is 0 Å². The van der Waals surface area contributed by atoms with Crippen molar-refractivity contribution in [3.05, 3.63) is 22.4 Å². The first-order valence-corrected chi connectivity index (χ1v) is 3.91. The number of rotatable bonds is 0. The van der Waals surface area contributed by atoms with Crippen molar-refractivity contribution in [1.82, 2.24) is 5.32 Å². The van der Waals surface area contributed by atoms with E-state index in [1.807, 2.05) is 11.8 Å². The topological polar surface area (TPSA) is 38.0 Å². The van der Waals surface area contributed by atoms with Crippen LogP contribution in [-0.2, 0) is 0 Å². The molecule has 0 aromatic rings. The Morgan fingerprint density at radius 3 is 3.33 bits per heavy atom. The van der Waals surface area contributed by atoms with Crippen LogP contribution in [0.3, 0.4) is 0 Å². The molecule has 3 N–H and O–H groups in total. The fourth-order valence-electron chi connectivity index (χ4n) is 1.08. The third-order valence-electron chi connectivity index (χ3n) is 1.51. The van der Waals surface area contributed by atoms with Gasteiger partial charge in [0.05, 0.1) is 5.88 Å². The quantitative estimate of drug-likeness (QED) is 0.521. The molecule has 0 bridgehead atoms. The fraction of sp³-hybridized carbons (Fsp3) is 0.333. The second-order valence-electron chi connectivity index (χ2n) is 2.20. The smallest absolute Gasteiger partial charge is 0.0655 e. The molecule has 0 amide bonds. The maximum atomic E-state index is 5.59. The zero-order chi connectivity index (χ0) is 6.27. The number of nitrogens with one attached hydrogen (secondary N) is 1. The van der Waals surface area contributed by atoms with Crippen molar-refractivity contribution < 1.29 is 0 Å². The van der Waals surface area contributed by atoms with E-state index < -0.39 is 0 Å². The van der Waals surface area contributed by atoms with Gasteiger partial charge in [0.2, 0.25) is 0 Å². The SMILES string of the molecule is NC1=CC2=C(C1)NCS2. The highest BCUT2D eigenvalue weighted by Gasteiger charge is 2.18. The zero-order valence-corrected chi connectivity index (χ0v) is 5.79. The summed E-state index contributed by atoms with van der Waals surface area (Å²) < 4.78 is 0. The lowest BCUT2D eigenvalue weighted by atomic mass is 10.3. The lowest BCUT2D eigenvalue weighted by Gasteiger charge is -1.97. The van der Waals surface area contributed by atoms with Crippen molar-refractivity contribution in [1.29, 1.82) is 0 Å². The first-order valence-electron chi connectivity index (χ1n) is 2.92. The van der Waals surface area contributed by atoms with Gasteiger partial charge in [0.25, 0.3) is 0 Å². The molecule has 48 valence electrons. The second kappa shape index (κ2) is 1.70. The molecule has 3 heteroatoms. The summed E-state index contributed by atoms with van der Waals surface area (Å²) in [6.07, 6.45) is 2.99. The van der Waals surface area contributed by atoms with Crippen LogP contribution in [-0.4, -0.2) is 5.88 Å². The van der Waals surface area contributed by atoms with Crippen LogP contribution in [0.1, 0.15) is 6.42 Å². The summed E-state index contributed by atoms with van der Waals surface area (Å²) >= 11 is 1.83. The number of hydrogen-bond acceptors (Lipinski definition) is 3. The Morgan fingerprint density at radius 1 is 1.67 bits per heavy atom.